The average Bonchev–Trinajstić information content (AvgIpc) is 3.06. The van der Waals surface area contributed by atoms with Crippen molar-refractivity contribution in [3.63, 3.8) is 0 Å². The molecule has 0 heterocycles. The molecule has 0 aliphatic heterocycles. The summed E-state index contributed by atoms with van der Waals surface area (Å²) in [6, 6.07) is 24.9. The number of benzene rings is 3. The Hall–Kier alpha value is -3.60. The van der Waals surface area contributed by atoms with Crippen molar-refractivity contribution in [2.24, 2.45) is 0 Å². The van der Waals surface area contributed by atoms with Gasteiger partial charge in [-0.1, -0.05) is 78.9 Å². The standard InChI is InChI=1S/C24H20O5/c25-23(26)14-22(16-8-2-1-3-9-16)29-24(27)28-15-21-19-12-6-4-10-17(19)18-11-5-7-13-20(18)21/h1-13,21-22H,14-15H2,(H,25,26)/t22-/m1/s1. The second kappa shape index (κ2) is 8.19. The highest BCUT2D eigenvalue weighted by Gasteiger charge is 2.30. The van der Waals surface area contributed by atoms with Crippen molar-refractivity contribution in [1.82, 2.24) is 0 Å². The van der Waals surface area contributed by atoms with Crippen LogP contribution in [0, 0.1) is 0 Å². The molecule has 0 bridgehead atoms. The largest absolute Gasteiger partial charge is 0.508 e. The number of ether oxygens (including phenoxy) is 2. The van der Waals surface area contributed by atoms with E-state index >= 15 is 0 Å². The maximum atomic E-state index is 12.4. The third-order valence-electron chi connectivity index (χ3n) is 5.10. The van der Waals surface area contributed by atoms with Gasteiger partial charge in [-0.05, 0) is 27.8 Å². The average molecular weight is 388 g/mol. The zero-order chi connectivity index (χ0) is 20.2. The maximum absolute atomic E-state index is 12.4. The van der Waals surface area contributed by atoms with E-state index in [0.29, 0.717) is 5.56 Å². The number of aliphatic carboxylic acids is 1. The summed E-state index contributed by atoms with van der Waals surface area (Å²) in [7, 11) is 0. The van der Waals surface area contributed by atoms with Gasteiger partial charge in [-0.15, -0.1) is 0 Å². The summed E-state index contributed by atoms with van der Waals surface area (Å²) in [4.78, 5) is 23.5. The molecule has 3 aromatic carbocycles. The van der Waals surface area contributed by atoms with Crippen molar-refractivity contribution in [1.29, 1.82) is 0 Å². The van der Waals surface area contributed by atoms with Gasteiger partial charge >= 0.3 is 12.1 Å². The zero-order valence-corrected chi connectivity index (χ0v) is 15.7. The number of rotatable bonds is 6. The van der Waals surface area contributed by atoms with E-state index in [0.717, 1.165) is 22.3 Å². The minimum Gasteiger partial charge on any atom is -0.481 e. The van der Waals surface area contributed by atoms with Gasteiger partial charge in [-0.2, -0.15) is 0 Å². The first-order chi connectivity index (χ1) is 14.1. The summed E-state index contributed by atoms with van der Waals surface area (Å²) < 4.78 is 10.8. The Kier molecular flexibility index (Phi) is 5.29. The Labute approximate surface area is 168 Å². The monoisotopic (exact) mass is 388 g/mol. The molecule has 29 heavy (non-hydrogen) atoms. The van der Waals surface area contributed by atoms with Gasteiger partial charge in [-0.25, -0.2) is 4.79 Å². The Bertz CT molecular complexity index is 983. The Morgan fingerprint density at radius 1 is 0.828 bits per heavy atom. The molecule has 4 rings (SSSR count). The highest BCUT2D eigenvalue weighted by Crippen LogP contribution is 2.44. The molecule has 0 radical (unpaired) electrons. The first-order valence-corrected chi connectivity index (χ1v) is 9.42. The van der Waals surface area contributed by atoms with Crippen LogP contribution in [-0.4, -0.2) is 23.8 Å². The van der Waals surface area contributed by atoms with Gasteiger partial charge < -0.3 is 14.6 Å². The van der Waals surface area contributed by atoms with Gasteiger partial charge in [0.05, 0.1) is 6.42 Å². The SMILES string of the molecule is O=C(O)C[C@@H](OC(=O)OCC1c2ccccc2-c2ccccc21)c1ccccc1. The molecule has 1 aliphatic carbocycles. The fourth-order valence-electron chi connectivity index (χ4n) is 3.79. The number of carbonyl (C=O) groups is 2. The van der Waals surface area contributed by atoms with Crippen molar-refractivity contribution in [2.45, 2.75) is 18.4 Å². The molecular formula is C24H20O5. The van der Waals surface area contributed by atoms with Gasteiger partial charge in [0.1, 0.15) is 12.7 Å². The van der Waals surface area contributed by atoms with Crippen LogP contribution in [-0.2, 0) is 14.3 Å². The summed E-state index contributed by atoms with van der Waals surface area (Å²) in [5, 5.41) is 9.15. The molecule has 0 amide bonds. The smallest absolute Gasteiger partial charge is 0.481 e. The van der Waals surface area contributed by atoms with E-state index in [1.54, 1.807) is 24.3 Å². The van der Waals surface area contributed by atoms with E-state index in [4.69, 9.17) is 14.6 Å². The van der Waals surface area contributed by atoms with Gasteiger partial charge in [0, 0.05) is 5.92 Å². The fourth-order valence-corrected chi connectivity index (χ4v) is 3.79. The van der Waals surface area contributed by atoms with Crippen molar-refractivity contribution < 1.29 is 24.2 Å². The molecule has 5 heteroatoms. The van der Waals surface area contributed by atoms with E-state index in [1.165, 1.54) is 0 Å². The van der Waals surface area contributed by atoms with E-state index in [2.05, 4.69) is 12.1 Å². The van der Waals surface area contributed by atoms with Crippen LogP contribution < -0.4 is 0 Å². The van der Waals surface area contributed by atoms with E-state index in [9.17, 15) is 9.59 Å². The molecule has 0 saturated heterocycles. The molecule has 5 nitrogen and oxygen atoms in total. The second-order valence-corrected chi connectivity index (χ2v) is 6.90. The lowest BCUT2D eigenvalue weighted by Gasteiger charge is -2.18. The molecular weight excluding hydrogens is 368 g/mol. The molecule has 0 unspecified atom stereocenters. The number of carboxylic acid groups (broad SMARTS) is 1. The molecule has 3 aromatic rings. The van der Waals surface area contributed by atoms with Crippen molar-refractivity contribution in [3.8, 4) is 11.1 Å². The van der Waals surface area contributed by atoms with Gasteiger partial charge in [0.2, 0.25) is 0 Å². The van der Waals surface area contributed by atoms with E-state index in [1.807, 2.05) is 42.5 Å². The van der Waals surface area contributed by atoms with Crippen molar-refractivity contribution >= 4 is 12.1 Å². The number of hydrogen-bond acceptors (Lipinski definition) is 4. The van der Waals surface area contributed by atoms with Gasteiger partial charge in [0.25, 0.3) is 0 Å². The topological polar surface area (TPSA) is 72.8 Å². The van der Waals surface area contributed by atoms with Crippen LogP contribution >= 0.6 is 0 Å². The van der Waals surface area contributed by atoms with Crippen LogP contribution in [0.15, 0.2) is 78.9 Å². The number of carboxylic acids is 1. The molecule has 1 N–H and O–H groups in total. The molecule has 0 aromatic heterocycles. The first kappa shape index (κ1) is 18.7. The second-order valence-electron chi connectivity index (χ2n) is 6.90. The van der Waals surface area contributed by atoms with Crippen LogP contribution in [0.2, 0.25) is 0 Å². The third kappa shape index (κ3) is 3.99. The predicted molar refractivity (Wildman–Crippen MR) is 108 cm³/mol. The van der Waals surface area contributed by atoms with Crippen LogP contribution in [0.3, 0.4) is 0 Å². The van der Waals surface area contributed by atoms with Crippen LogP contribution in [0.5, 0.6) is 0 Å². The molecule has 1 atom stereocenters. The first-order valence-electron chi connectivity index (χ1n) is 9.42. The van der Waals surface area contributed by atoms with Gasteiger partial charge in [0.15, 0.2) is 0 Å². The Balaban J connectivity index is 1.47. The van der Waals surface area contributed by atoms with E-state index < -0.39 is 18.2 Å². The summed E-state index contributed by atoms with van der Waals surface area (Å²) in [6.45, 7) is 0.126. The Morgan fingerprint density at radius 2 is 1.38 bits per heavy atom. The Morgan fingerprint density at radius 3 is 1.97 bits per heavy atom. The molecule has 0 spiro atoms. The lowest BCUT2D eigenvalue weighted by molar-refractivity contribution is -0.139. The van der Waals surface area contributed by atoms with Crippen LogP contribution in [0.4, 0.5) is 4.79 Å². The zero-order valence-electron chi connectivity index (χ0n) is 15.7. The van der Waals surface area contributed by atoms with Crippen LogP contribution in [0.25, 0.3) is 11.1 Å². The minimum atomic E-state index is -1.05. The molecule has 1 aliphatic rings. The highest BCUT2D eigenvalue weighted by molar-refractivity contribution is 5.79. The minimum absolute atomic E-state index is 0.0791. The molecule has 0 fully saturated rings. The molecule has 0 saturated carbocycles. The fraction of sp³-hybridized carbons (Fsp3) is 0.167. The summed E-state index contributed by atoms with van der Waals surface area (Å²) >= 11 is 0. The van der Waals surface area contributed by atoms with Crippen molar-refractivity contribution in [2.75, 3.05) is 6.61 Å². The van der Waals surface area contributed by atoms with Crippen LogP contribution in [0.1, 0.15) is 35.1 Å². The molecule has 146 valence electrons. The predicted octanol–water partition coefficient (Wildman–Crippen LogP) is 5.17. The lowest BCUT2D eigenvalue weighted by Crippen LogP contribution is -2.18. The van der Waals surface area contributed by atoms with Crippen molar-refractivity contribution in [3.05, 3.63) is 95.6 Å². The van der Waals surface area contributed by atoms with E-state index in [-0.39, 0.29) is 18.9 Å². The highest BCUT2D eigenvalue weighted by atomic mass is 16.7. The maximum Gasteiger partial charge on any atom is 0.508 e. The summed E-state index contributed by atoms with van der Waals surface area (Å²) in [5.74, 6) is -1.13. The third-order valence-corrected chi connectivity index (χ3v) is 5.10. The number of hydrogen-bond donors (Lipinski definition) is 1. The van der Waals surface area contributed by atoms with Gasteiger partial charge in [-0.3, -0.25) is 4.79 Å². The number of fused-ring (bicyclic) bond motifs is 3. The lowest BCUT2D eigenvalue weighted by atomic mass is 9.98. The summed E-state index contributed by atoms with van der Waals surface area (Å²) in [5.41, 5.74) is 5.10. The summed E-state index contributed by atoms with van der Waals surface area (Å²) in [6.07, 6.45) is -2.10. The normalized spacial score (nSPS) is 13.2. The quantitative estimate of drug-likeness (QED) is 0.590. The number of carbonyl (C=O) groups excluding carboxylic acids is 1.